The van der Waals surface area contributed by atoms with Crippen molar-refractivity contribution in [3.63, 3.8) is 0 Å². The number of ether oxygens (including phenoxy) is 1. The molecule has 42 heavy (non-hydrogen) atoms. The number of alkyl carbamates (subject to hydrolysis) is 1. The van der Waals surface area contributed by atoms with Crippen LogP contribution in [0.5, 0.6) is 11.5 Å². The molecule has 0 bridgehead atoms. The highest BCUT2D eigenvalue weighted by molar-refractivity contribution is 5.92. The van der Waals surface area contributed by atoms with Gasteiger partial charge in [0.1, 0.15) is 29.2 Å². The molecule has 0 aromatic heterocycles. The number of benzene rings is 3. The Balaban J connectivity index is 2.03. The molecule has 0 spiro atoms. The van der Waals surface area contributed by atoms with Gasteiger partial charge < -0.3 is 30.5 Å². The van der Waals surface area contributed by atoms with Crippen LogP contribution in [-0.2, 0) is 27.3 Å². The molecule has 3 aromatic rings. The summed E-state index contributed by atoms with van der Waals surface area (Å²) < 4.78 is 5.45. The number of carbonyl (C=O) groups excluding carboxylic acids is 3. The van der Waals surface area contributed by atoms with E-state index in [-0.39, 0.29) is 36.6 Å². The van der Waals surface area contributed by atoms with E-state index in [9.17, 15) is 24.6 Å². The van der Waals surface area contributed by atoms with Gasteiger partial charge in [-0.05, 0) is 62.9 Å². The van der Waals surface area contributed by atoms with Crippen molar-refractivity contribution in [2.45, 2.75) is 71.7 Å². The number of phenolic OH excluding ortho intramolecular Hbond substituents is 2. The normalized spacial score (nSPS) is 12.6. The molecular formula is C33H41N3O6. The van der Waals surface area contributed by atoms with Gasteiger partial charge in [-0.2, -0.15) is 0 Å². The summed E-state index contributed by atoms with van der Waals surface area (Å²) in [7, 11) is 0. The van der Waals surface area contributed by atoms with Crippen molar-refractivity contribution < 1.29 is 29.3 Å². The third kappa shape index (κ3) is 8.99. The highest BCUT2D eigenvalue weighted by atomic mass is 16.6. The van der Waals surface area contributed by atoms with Gasteiger partial charge in [0.15, 0.2) is 0 Å². The van der Waals surface area contributed by atoms with E-state index in [1.807, 2.05) is 37.3 Å². The second-order valence-corrected chi connectivity index (χ2v) is 11.2. The number of phenols is 2. The summed E-state index contributed by atoms with van der Waals surface area (Å²) in [5, 5.41) is 26.4. The van der Waals surface area contributed by atoms with Crippen LogP contribution in [0.4, 0.5) is 4.79 Å². The lowest BCUT2D eigenvalue weighted by atomic mass is 9.97. The average Bonchev–Trinajstić information content (AvgIpc) is 2.93. The van der Waals surface area contributed by atoms with Gasteiger partial charge >= 0.3 is 6.09 Å². The predicted molar refractivity (Wildman–Crippen MR) is 161 cm³/mol. The first-order valence-electron chi connectivity index (χ1n) is 14.1. The fourth-order valence-corrected chi connectivity index (χ4v) is 4.56. The summed E-state index contributed by atoms with van der Waals surface area (Å²) in [6.07, 6.45) is -0.185. The number of aryl methyl sites for hydroxylation is 1. The molecule has 0 saturated carbocycles. The maximum atomic E-state index is 14.3. The minimum atomic E-state index is -1.18. The summed E-state index contributed by atoms with van der Waals surface area (Å²) in [5.41, 5.74) is 1.60. The molecule has 3 rings (SSSR count). The molecule has 0 radical (unpaired) electrons. The molecule has 9 nitrogen and oxygen atoms in total. The van der Waals surface area contributed by atoms with Crippen LogP contribution in [0.15, 0.2) is 72.8 Å². The van der Waals surface area contributed by atoms with Crippen molar-refractivity contribution in [2.75, 3.05) is 6.54 Å². The maximum absolute atomic E-state index is 14.3. The molecule has 9 heteroatoms. The summed E-state index contributed by atoms with van der Waals surface area (Å²) in [6.45, 7) is 9.18. The number of rotatable bonds is 11. The standard InChI is InChI=1S/C33H41N3O6/c1-6-19-36(31(40)27(35-32(41)42-33(3,4)5)20-23-15-17-25(37)18-16-23)28(26-14-10-11-22(2)29(26)38)30(39)34-21-24-12-8-7-9-13-24/h7-18,27-28,37-38H,6,19-21H2,1-5H3,(H,34,39)(H,35,41). The number of hydrogen-bond acceptors (Lipinski definition) is 6. The smallest absolute Gasteiger partial charge is 0.408 e. The van der Waals surface area contributed by atoms with Crippen LogP contribution in [0.25, 0.3) is 0 Å². The molecular weight excluding hydrogens is 534 g/mol. The Morgan fingerprint density at radius 3 is 2.19 bits per heavy atom. The number of hydrogen-bond donors (Lipinski definition) is 4. The van der Waals surface area contributed by atoms with Crippen LogP contribution in [0, 0.1) is 6.92 Å². The Labute approximate surface area is 247 Å². The summed E-state index contributed by atoms with van der Waals surface area (Å²) >= 11 is 0. The number of carbonyl (C=O) groups is 3. The van der Waals surface area contributed by atoms with Crippen molar-refractivity contribution in [3.8, 4) is 11.5 Å². The Bertz CT molecular complexity index is 1350. The third-order valence-electron chi connectivity index (χ3n) is 6.55. The molecule has 2 unspecified atom stereocenters. The van der Waals surface area contributed by atoms with Gasteiger partial charge in [0, 0.05) is 25.1 Å². The van der Waals surface area contributed by atoms with Gasteiger partial charge in [0.25, 0.3) is 0 Å². The van der Waals surface area contributed by atoms with Crippen LogP contribution in [0.2, 0.25) is 0 Å². The van der Waals surface area contributed by atoms with Crippen LogP contribution < -0.4 is 10.6 Å². The fraction of sp³-hybridized carbons (Fsp3) is 0.364. The minimum absolute atomic E-state index is 0.0689. The Kier molecular flexibility index (Phi) is 11.0. The van der Waals surface area contributed by atoms with Crippen molar-refractivity contribution in [1.29, 1.82) is 0 Å². The van der Waals surface area contributed by atoms with E-state index in [1.54, 1.807) is 58.0 Å². The molecule has 0 aliphatic carbocycles. The second-order valence-electron chi connectivity index (χ2n) is 11.2. The van der Waals surface area contributed by atoms with E-state index in [0.29, 0.717) is 17.5 Å². The Morgan fingerprint density at radius 1 is 0.905 bits per heavy atom. The largest absolute Gasteiger partial charge is 0.508 e. The topological polar surface area (TPSA) is 128 Å². The van der Waals surface area contributed by atoms with E-state index in [0.717, 1.165) is 5.56 Å². The average molecular weight is 576 g/mol. The molecule has 2 atom stereocenters. The number of aromatic hydroxyl groups is 2. The van der Waals surface area contributed by atoms with Gasteiger partial charge in [-0.3, -0.25) is 9.59 Å². The Morgan fingerprint density at radius 2 is 1.57 bits per heavy atom. The quantitative estimate of drug-likeness (QED) is 0.251. The molecule has 4 N–H and O–H groups in total. The van der Waals surface area contributed by atoms with Crippen LogP contribution in [0.1, 0.15) is 62.4 Å². The molecule has 0 heterocycles. The predicted octanol–water partition coefficient (Wildman–Crippen LogP) is 5.14. The molecule has 3 amide bonds. The number of nitrogens with zero attached hydrogens (tertiary/aromatic N) is 1. The molecule has 3 aromatic carbocycles. The van der Waals surface area contributed by atoms with Gasteiger partial charge in [-0.25, -0.2) is 4.79 Å². The minimum Gasteiger partial charge on any atom is -0.508 e. The number of amides is 3. The SMILES string of the molecule is CCCN(C(=O)C(Cc1ccc(O)cc1)NC(=O)OC(C)(C)C)C(C(=O)NCc1ccccc1)c1cccc(C)c1O. The van der Waals surface area contributed by atoms with E-state index >= 15 is 0 Å². The molecule has 0 aliphatic rings. The Hall–Kier alpha value is -4.53. The van der Waals surface area contributed by atoms with E-state index in [2.05, 4.69) is 10.6 Å². The summed E-state index contributed by atoms with van der Waals surface area (Å²) in [5.74, 6) is -1.00. The van der Waals surface area contributed by atoms with Crippen molar-refractivity contribution >= 4 is 17.9 Å². The maximum Gasteiger partial charge on any atom is 0.408 e. The lowest BCUT2D eigenvalue weighted by Gasteiger charge is -2.35. The van der Waals surface area contributed by atoms with E-state index in [1.165, 1.54) is 17.0 Å². The molecule has 224 valence electrons. The van der Waals surface area contributed by atoms with Crippen LogP contribution in [-0.4, -0.2) is 51.2 Å². The van der Waals surface area contributed by atoms with Crippen molar-refractivity contribution in [3.05, 3.63) is 95.1 Å². The van der Waals surface area contributed by atoms with Crippen LogP contribution >= 0.6 is 0 Å². The zero-order chi connectivity index (χ0) is 30.9. The first kappa shape index (κ1) is 32.0. The third-order valence-corrected chi connectivity index (χ3v) is 6.55. The lowest BCUT2D eigenvalue weighted by Crippen LogP contribution is -2.54. The highest BCUT2D eigenvalue weighted by Crippen LogP contribution is 2.32. The summed E-state index contributed by atoms with van der Waals surface area (Å²) in [6, 6.07) is 18.5. The number of nitrogens with one attached hydrogen (secondary N) is 2. The highest BCUT2D eigenvalue weighted by Gasteiger charge is 2.37. The monoisotopic (exact) mass is 575 g/mol. The van der Waals surface area contributed by atoms with Crippen molar-refractivity contribution in [2.24, 2.45) is 0 Å². The summed E-state index contributed by atoms with van der Waals surface area (Å²) in [4.78, 5) is 42.5. The zero-order valence-electron chi connectivity index (χ0n) is 24.9. The molecule has 0 aliphatic heterocycles. The van der Waals surface area contributed by atoms with E-state index in [4.69, 9.17) is 4.74 Å². The first-order valence-corrected chi connectivity index (χ1v) is 14.1. The zero-order valence-corrected chi connectivity index (χ0v) is 24.9. The van der Waals surface area contributed by atoms with Crippen LogP contribution in [0.3, 0.4) is 0 Å². The van der Waals surface area contributed by atoms with Gasteiger partial charge in [-0.15, -0.1) is 0 Å². The first-order chi connectivity index (χ1) is 19.9. The fourth-order valence-electron chi connectivity index (χ4n) is 4.56. The van der Waals surface area contributed by atoms with E-state index < -0.39 is 35.6 Å². The van der Waals surface area contributed by atoms with Crippen molar-refractivity contribution in [1.82, 2.24) is 15.5 Å². The molecule has 0 fully saturated rings. The lowest BCUT2D eigenvalue weighted by molar-refractivity contribution is -0.142. The molecule has 0 saturated heterocycles. The second kappa shape index (κ2) is 14.4. The number of para-hydroxylation sites is 1. The van der Waals surface area contributed by atoms with Gasteiger partial charge in [0.2, 0.25) is 11.8 Å². The van der Waals surface area contributed by atoms with Gasteiger partial charge in [0.05, 0.1) is 0 Å². The van der Waals surface area contributed by atoms with Gasteiger partial charge in [-0.1, -0.05) is 67.6 Å².